The van der Waals surface area contributed by atoms with Crippen LogP contribution in [0.2, 0.25) is 0 Å². The summed E-state index contributed by atoms with van der Waals surface area (Å²) in [5.74, 6) is -3.58. The van der Waals surface area contributed by atoms with Gasteiger partial charge in [-0.3, -0.25) is 0 Å². The fourth-order valence-corrected chi connectivity index (χ4v) is 3.62. The first-order valence-corrected chi connectivity index (χ1v) is 13.0. The number of carbonyl (C=O) groups excluding carboxylic acids is 3. The number of aryl methyl sites for hydroxylation is 1. The fraction of sp³-hybridized carbons (Fsp3) is 0.483. The van der Waals surface area contributed by atoms with Crippen molar-refractivity contribution in [1.29, 1.82) is 0 Å². The van der Waals surface area contributed by atoms with E-state index in [2.05, 4.69) is 16.4 Å². The summed E-state index contributed by atoms with van der Waals surface area (Å²) >= 11 is 0. The summed E-state index contributed by atoms with van der Waals surface area (Å²) in [6.45, 7) is 3.58. The molecule has 2 aromatic carbocycles. The summed E-state index contributed by atoms with van der Waals surface area (Å²) in [7, 11) is 0. The van der Waals surface area contributed by atoms with Crippen LogP contribution in [0.25, 0.3) is 0 Å². The molecule has 2 rings (SSSR count). The van der Waals surface area contributed by atoms with Crippen molar-refractivity contribution in [2.75, 3.05) is 6.61 Å². The Morgan fingerprint density at radius 1 is 0.737 bits per heavy atom. The number of unbranched alkanes of at least 4 members (excludes halogenated alkanes) is 6. The molecule has 0 aliphatic carbocycles. The summed E-state index contributed by atoms with van der Waals surface area (Å²) in [6, 6.07) is 11.9. The summed E-state index contributed by atoms with van der Waals surface area (Å²) < 4.78 is 53.6. The van der Waals surface area contributed by atoms with Gasteiger partial charge >= 0.3 is 24.1 Å². The van der Waals surface area contributed by atoms with Gasteiger partial charge in [0.1, 0.15) is 5.75 Å². The molecule has 0 saturated carbocycles. The Morgan fingerprint density at radius 2 is 1.29 bits per heavy atom. The van der Waals surface area contributed by atoms with Crippen LogP contribution in [0.4, 0.5) is 13.2 Å². The third-order valence-corrected chi connectivity index (χ3v) is 5.74. The van der Waals surface area contributed by atoms with Crippen molar-refractivity contribution in [3.8, 4) is 5.75 Å². The predicted molar refractivity (Wildman–Crippen MR) is 136 cm³/mol. The van der Waals surface area contributed by atoms with Crippen LogP contribution in [-0.2, 0) is 20.7 Å². The van der Waals surface area contributed by atoms with Crippen LogP contribution in [0.5, 0.6) is 5.75 Å². The highest BCUT2D eigenvalue weighted by molar-refractivity contribution is 5.93. The zero-order chi connectivity index (χ0) is 28.0. The standard InChI is InChI=1S/C29H35F3O6/c1-3-5-6-7-8-9-10-11-21-12-14-22(15-13-21)26(33)37-24-18-16-23(17-19-24)27(34)38-25(29(30,31)32)28(35)36-20-4-2/h12-19,25H,3-11,20H2,1-2H3. The first-order chi connectivity index (χ1) is 18.2. The second-order valence-corrected chi connectivity index (χ2v) is 8.98. The number of alkyl halides is 3. The Balaban J connectivity index is 1.87. The van der Waals surface area contributed by atoms with Crippen molar-refractivity contribution in [3.05, 3.63) is 65.2 Å². The summed E-state index contributed by atoms with van der Waals surface area (Å²) in [4.78, 5) is 36.3. The average Bonchev–Trinajstić information content (AvgIpc) is 2.89. The van der Waals surface area contributed by atoms with E-state index in [-0.39, 0.29) is 17.9 Å². The minimum atomic E-state index is -5.13. The predicted octanol–water partition coefficient (Wildman–Crippen LogP) is 7.24. The third-order valence-electron chi connectivity index (χ3n) is 5.74. The fourth-order valence-electron chi connectivity index (χ4n) is 3.62. The largest absolute Gasteiger partial charge is 0.463 e. The molecule has 2 aromatic rings. The lowest BCUT2D eigenvalue weighted by Gasteiger charge is -2.19. The van der Waals surface area contributed by atoms with Crippen LogP contribution >= 0.6 is 0 Å². The van der Waals surface area contributed by atoms with Gasteiger partial charge in [-0.2, -0.15) is 13.2 Å². The maximum absolute atomic E-state index is 13.2. The highest BCUT2D eigenvalue weighted by Gasteiger charge is 2.49. The van der Waals surface area contributed by atoms with E-state index in [0.29, 0.717) is 12.0 Å². The van der Waals surface area contributed by atoms with Crippen molar-refractivity contribution >= 4 is 17.9 Å². The number of halogens is 3. The molecular weight excluding hydrogens is 501 g/mol. The topological polar surface area (TPSA) is 78.9 Å². The minimum absolute atomic E-state index is 0.0911. The molecule has 1 atom stereocenters. The number of carbonyl (C=O) groups is 3. The monoisotopic (exact) mass is 536 g/mol. The molecule has 0 aliphatic rings. The zero-order valence-electron chi connectivity index (χ0n) is 21.9. The van der Waals surface area contributed by atoms with Crippen molar-refractivity contribution in [2.45, 2.75) is 83.9 Å². The number of ether oxygens (including phenoxy) is 3. The molecule has 0 aromatic heterocycles. The molecule has 0 N–H and O–H groups in total. The van der Waals surface area contributed by atoms with Crippen molar-refractivity contribution < 1.29 is 41.8 Å². The van der Waals surface area contributed by atoms with Crippen LogP contribution in [0, 0.1) is 0 Å². The molecule has 0 saturated heterocycles. The average molecular weight is 537 g/mol. The zero-order valence-corrected chi connectivity index (χ0v) is 21.9. The molecule has 0 spiro atoms. The lowest BCUT2D eigenvalue weighted by Crippen LogP contribution is -2.42. The molecular formula is C29H35F3O6. The maximum atomic E-state index is 13.2. The highest BCUT2D eigenvalue weighted by atomic mass is 19.4. The third kappa shape index (κ3) is 10.6. The van der Waals surface area contributed by atoms with Gasteiger partial charge in [0.2, 0.25) is 0 Å². The molecule has 9 heteroatoms. The Morgan fingerprint density at radius 3 is 1.87 bits per heavy atom. The van der Waals surface area contributed by atoms with Gasteiger partial charge in [-0.05, 0) is 61.2 Å². The second kappa shape index (κ2) is 15.8. The number of hydrogen-bond acceptors (Lipinski definition) is 6. The molecule has 0 bridgehead atoms. The molecule has 6 nitrogen and oxygen atoms in total. The molecule has 38 heavy (non-hydrogen) atoms. The summed E-state index contributed by atoms with van der Waals surface area (Å²) in [6.07, 6.45) is 1.66. The Kier molecular flexibility index (Phi) is 12.8. The molecule has 0 aliphatic heterocycles. The Labute approximate surface area is 221 Å². The van der Waals surface area contributed by atoms with Gasteiger partial charge in [0.15, 0.2) is 0 Å². The van der Waals surface area contributed by atoms with Crippen LogP contribution in [0.15, 0.2) is 48.5 Å². The van der Waals surface area contributed by atoms with Gasteiger partial charge < -0.3 is 14.2 Å². The van der Waals surface area contributed by atoms with E-state index >= 15 is 0 Å². The van der Waals surface area contributed by atoms with Crippen LogP contribution in [-0.4, -0.2) is 36.8 Å². The van der Waals surface area contributed by atoms with Crippen molar-refractivity contribution in [3.63, 3.8) is 0 Å². The van der Waals surface area contributed by atoms with E-state index in [9.17, 15) is 27.6 Å². The van der Waals surface area contributed by atoms with Crippen molar-refractivity contribution in [1.82, 2.24) is 0 Å². The van der Waals surface area contributed by atoms with E-state index in [0.717, 1.165) is 30.5 Å². The molecule has 0 heterocycles. The molecule has 0 radical (unpaired) electrons. The van der Waals surface area contributed by atoms with Gasteiger partial charge in [0, 0.05) is 0 Å². The lowest BCUT2D eigenvalue weighted by molar-refractivity contribution is -0.218. The van der Waals surface area contributed by atoms with E-state index in [1.165, 1.54) is 50.7 Å². The van der Waals surface area contributed by atoms with Crippen LogP contribution < -0.4 is 4.74 Å². The van der Waals surface area contributed by atoms with Crippen LogP contribution in [0.1, 0.15) is 91.5 Å². The van der Waals surface area contributed by atoms with E-state index in [1.807, 2.05) is 12.1 Å². The number of rotatable bonds is 15. The normalized spacial score (nSPS) is 12.0. The first-order valence-electron chi connectivity index (χ1n) is 13.0. The number of benzene rings is 2. The lowest BCUT2D eigenvalue weighted by atomic mass is 10.0. The summed E-state index contributed by atoms with van der Waals surface area (Å²) in [5.41, 5.74) is 1.22. The van der Waals surface area contributed by atoms with Gasteiger partial charge in [0.05, 0.1) is 17.7 Å². The minimum Gasteiger partial charge on any atom is -0.463 e. The highest BCUT2D eigenvalue weighted by Crippen LogP contribution is 2.26. The van der Waals surface area contributed by atoms with Crippen LogP contribution in [0.3, 0.4) is 0 Å². The maximum Gasteiger partial charge on any atom is 0.436 e. The van der Waals surface area contributed by atoms with Crippen molar-refractivity contribution in [2.24, 2.45) is 0 Å². The molecule has 0 fully saturated rings. The summed E-state index contributed by atoms with van der Waals surface area (Å²) in [5, 5.41) is 0. The first kappa shape index (κ1) is 30.9. The van der Waals surface area contributed by atoms with Gasteiger partial charge in [-0.15, -0.1) is 0 Å². The molecule has 208 valence electrons. The van der Waals surface area contributed by atoms with Gasteiger partial charge in [0.25, 0.3) is 6.10 Å². The second-order valence-electron chi connectivity index (χ2n) is 8.98. The SMILES string of the molecule is CCCCCCCCCc1ccc(C(=O)Oc2ccc(C(=O)OC(C(=O)OCCC)C(F)(F)F)cc2)cc1. The van der Waals surface area contributed by atoms with Gasteiger partial charge in [-0.25, -0.2) is 14.4 Å². The number of esters is 3. The molecule has 1 unspecified atom stereocenters. The van der Waals surface area contributed by atoms with E-state index in [1.54, 1.807) is 19.1 Å². The quantitative estimate of drug-likeness (QED) is 0.136. The smallest absolute Gasteiger partial charge is 0.436 e. The van der Waals surface area contributed by atoms with E-state index in [4.69, 9.17) is 4.74 Å². The Bertz CT molecular complexity index is 1020. The Hall–Kier alpha value is -3.36. The number of hydrogen-bond donors (Lipinski definition) is 0. The molecule has 0 amide bonds. The van der Waals surface area contributed by atoms with E-state index < -0.39 is 30.2 Å². The van der Waals surface area contributed by atoms with Gasteiger partial charge in [-0.1, -0.05) is 64.5 Å².